The molecule has 1 atom stereocenters. The van der Waals surface area contributed by atoms with Gasteiger partial charge in [0.2, 0.25) is 5.91 Å². The molecule has 1 unspecified atom stereocenters. The summed E-state index contributed by atoms with van der Waals surface area (Å²) < 4.78 is 110. The Hall–Kier alpha value is -3.71. The molecule has 246 valence electrons. The first kappa shape index (κ1) is 38.3. The molecule has 1 amide bonds. The summed E-state index contributed by atoms with van der Waals surface area (Å²) in [4.78, 5) is 23.3. The standard InChI is InChI=1S/C26H27F8N5O.2C2H6/c1-5-15(3)21(39-12-10-35-22(39)17-8-7-16(27)13-18(17)28)36-23-19(6-2)37(4)24(40)20(14-26(32,33)34)38(23)11-9-25(29,30)31;2*1-2/h6-8,10,12-13,20H,5,9,11,14H2,1-4H3;2*1-2H3/b19-6+,21-15-,36-23+;;. The van der Waals surface area contributed by atoms with Gasteiger partial charge < -0.3 is 9.80 Å². The first-order chi connectivity index (χ1) is 20.6. The van der Waals surface area contributed by atoms with E-state index in [4.69, 9.17) is 0 Å². The van der Waals surface area contributed by atoms with Crippen molar-refractivity contribution < 1.29 is 39.9 Å². The number of benzene rings is 1. The first-order valence-electron chi connectivity index (χ1n) is 14.2. The Kier molecular flexibility index (Phi) is 14.3. The van der Waals surface area contributed by atoms with Crippen LogP contribution in [0.25, 0.3) is 17.2 Å². The maximum Gasteiger partial charge on any atom is 0.391 e. The Balaban J connectivity index is 0.00000232. The number of alkyl halides is 6. The van der Waals surface area contributed by atoms with Gasteiger partial charge in [-0.25, -0.2) is 18.8 Å². The lowest BCUT2D eigenvalue weighted by atomic mass is 10.0. The van der Waals surface area contributed by atoms with Crippen LogP contribution in [0.4, 0.5) is 35.1 Å². The SMILES string of the molecule is CC.CC.C\C=C1/C(=N\C(=C(/C)CC)n2ccnc2-c2ccc(F)cc2F)N(CCC(F)(F)F)C(CC(F)(F)F)C(=O)N1C. The van der Waals surface area contributed by atoms with Crippen molar-refractivity contribution in [3.8, 4) is 11.4 Å². The van der Waals surface area contributed by atoms with Gasteiger partial charge in [-0.15, -0.1) is 0 Å². The number of amidine groups is 1. The van der Waals surface area contributed by atoms with Crippen molar-refractivity contribution in [2.24, 2.45) is 4.99 Å². The molecular formula is C30H39F8N5O. The number of carbonyl (C=O) groups excluding carboxylic acids is 1. The highest BCUT2D eigenvalue weighted by Gasteiger charge is 2.46. The van der Waals surface area contributed by atoms with Gasteiger partial charge in [-0.1, -0.05) is 40.7 Å². The van der Waals surface area contributed by atoms with E-state index >= 15 is 0 Å². The molecule has 2 heterocycles. The van der Waals surface area contributed by atoms with Crippen molar-refractivity contribution in [1.29, 1.82) is 0 Å². The summed E-state index contributed by atoms with van der Waals surface area (Å²) in [6.07, 6.45) is -8.43. The zero-order valence-electron chi connectivity index (χ0n) is 26.0. The van der Waals surface area contributed by atoms with Crippen LogP contribution in [0.1, 0.15) is 67.7 Å². The maximum atomic E-state index is 14.7. The van der Waals surface area contributed by atoms with Crippen LogP contribution in [0.2, 0.25) is 0 Å². The van der Waals surface area contributed by atoms with Gasteiger partial charge in [0.05, 0.1) is 24.1 Å². The van der Waals surface area contributed by atoms with Gasteiger partial charge in [0.15, 0.2) is 5.84 Å². The number of imidazole rings is 1. The van der Waals surface area contributed by atoms with Gasteiger partial charge in [0, 0.05) is 32.1 Å². The number of rotatable bonds is 7. The van der Waals surface area contributed by atoms with Gasteiger partial charge in [-0.2, -0.15) is 26.3 Å². The Morgan fingerprint density at radius 3 is 2.16 bits per heavy atom. The molecule has 6 nitrogen and oxygen atoms in total. The summed E-state index contributed by atoms with van der Waals surface area (Å²) in [5.41, 5.74) is 0.396. The molecule has 3 rings (SSSR count). The minimum Gasteiger partial charge on any atom is -0.342 e. The normalized spacial score (nSPS) is 18.1. The van der Waals surface area contributed by atoms with E-state index < -0.39 is 55.3 Å². The van der Waals surface area contributed by atoms with Gasteiger partial charge in [-0.3, -0.25) is 9.36 Å². The van der Waals surface area contributed by atoms with Crippen LogP contribution in [-0.4, -0.2) is 63.1 Å². The van der Waals surface area contributed by atoms with Crippen LogP contribution >= 0.6 is 0 Å². The number of piperazine rings is 1. The number of aliphatic imine (C=N–C) groups is 1. The van der Waals surface area contributed by atoms with Gasteiger partial charge >= 0.3 is 12.4 Å². The smallest absolute Gasteiger partial charge is 0.342 e. The zero-order chi connectivity index (χ0) is 34.0. The quantitative estimate of drug-likeness (QED) is 0.285. The number of hydrogen-bond acceptors (Lipinski definition) is 3. The summed E-state index contributed by atoms with van der Waals surface area (Å²) in [7, 11) is 1.21. The number of likely N-dealkylation sites (N-methyl/N-ethyl adjacent to an activating group) is 1. The molecule has 1 aromatic carbocycles. The Labute approximate surface area is 252 Å². The van der Waals surface area contributed by atoms with Crippen LogP contribution in [-0.2, 0) is 4.79 Å². The highest BCUT2D eigenvalue weighted by molar-refractivity contribution is 6.08. The third-order valence-corrected chi connectivity index (χ3v) is 6.35. The fourth-order valence-electron chi connectivity index (χ4n) is 4.25. The molecule has 1 aliphatic heterocycles. The molecule has 0 radical (unpaired) electrons. The van der Waals surface area contributed by atoms with Crippen molar-refractivity contribution in [1.82, 2.24) is 19.4 Å². The number of carbonyl (C=O) groups is 1. The summed E-state index contributed by atoms with van der Waals surface area (Å²) in [6.45, 7) is 11.9. The van der Waals surface area contributed by atoms with Crippen molar-refractivity contribution in [3.05, 3.63) is 59.6 Å². The van der Waals surface area contributed by atoms with Gasteiger partial charge in [0.1, 0.15) is 29.3 Å². The summed E-state index contributed by atoms with van der Waals surface area (Å²) in [6, 6.07) is 0.806. The lowest BCUT2D eigenvalue weighted by molar-refractivity contribution is -0.162. The van der Waals surface area contributed by atoms with Crippen LogP contribution in [0.3, 0.4) is 0 Å². The molecule has 1 fully saturated rings. The van der Waals surface area contributed by atoms with Crippen LogP contribution < -0.4 is 0 Å². The van der Waals surface area contributed by atoms with E-state index in [0.29, 0.717) is 18.1 Å². The van der Waals surface area contributed by atoms with E-state index in [9.17, 15) is 39.9 Å². The number of amides is 1. The topological polar surface area (TPSA) is 53.7 Å². The first-order valence-corrected chi connectivity index (χ1v) is 14.2. The van der Waals surface area contributed by atoms with E-state index in [2.05, 4.69) is 9.98 Å². The van der Waals surface area contributed by atoms with Gasteiger partial charge in [0.25, 0.3) is 0 Å². The Bertz CT molecular complexity index is 1340. The molecule has 0 aliphatic carbocycles. The molecule has 1 aliphatic rings. The Morgan fingerprint density at radius 2 is 1.66 bits per heavy atom. The van der Waals surface area contributed by atoms with E-state index in [1.807, 2.05) is 27.7 Å². The van der Waals surface area contributed by atoms with E-state index in [-0.39, 0.29) is 28.7 Å². The highest BCUT2D eigenvalue weighted by Crippen LogP contribution is 2.34. The minimum atomic E-state index is -4.87. The van der Waals surface area contributed by atoms with Crippen LogP contribution in [0, 0.1) is 11.6 Å². The molecule has 0 N–H and O–H groups in total. The number of halogens is 8. The summed E-state index contributed by atoms with van der Waals surface area (Å²) >= 11 is 0. The fourth-order valence-corrected chi connectivity index (χ4v) is 4.25. The van der Waals surface area contributed by atoms with Crippen LogP contribution in [0.15, 0.2) is 52.9 Å². The Morgan fingerprint density at radius 1 is 1.05 bits per heavy atom. The third kappa shape index (κ3) is 9.65. The average Bonchev–Trinajstić information content (AvgIpc) is 3.43. The fraction of sp³-hybridized carbons (Fsp3) is 0.500. The molecular weight excluding hydrogens is 598 g/mol. The molecule has 2 aromatic rings. The molecule has 1 saturated heterocycles. The van der Waals surface area contributed by atoms with Crippen LogP contribution in [0.5, 0.6) is 0 Å². The maximum absolute atomic E-state index is 14.7. The lowest BCUT2D eigenvalue weighted by Gasteiger charge is -2.43. The second kappa shape index (κ2) is 16.4. The largest absolute Gasteiger partial charge is 0.391 e. The summed E-state index contributed by atoms with van der Waals surface area (Å²) in [5.74, 6) is -3.10. The number of aromatic nitrogens is 2. The predicted octanol–water partition coefficient (Wildman–Crippen LogP) is 8.83. The van der Waals surface area contributed by atoms with Crippen molar-refractivity contribution in [3.63, 3.8) is 0 Å². The number of nitrogens with zero attached hydrogens (tertiary/aromatic N) is 5. The molecule has 1 aromatic heterocycles. The zero-order valence-corrected chi connectivity index (χ0v) is 26.0. The van der Waals surface area contributed by atoms with Crippen molar-refractivity contribution in [2.75, 3.05) is 13.6 Å². The second-order valence-electron chi connectivity index (χ2n) is 9.10. The third-order valence-electron chi connectivity index (χ3n) is 6.35. The number of hydrogen-bond donors (Lipinski definition) is 0. The van der Waals surface area contributed by atoms with Gasteiger partial charge in [-0.05, 0) is 38.0 Å². The van der Waals surface area contributed by atoms with E-state index in [1.54, 1.807) is 13.8 Å². The molecule has 0 bridgehead atoms. The van der Waals surface area contributed by atoms with E-state index in [0.717, 1.165) is 21.9 Å². The minimum absolute atomic E-state index is 0.0124. The van der Waals surface area contributed by atoms with E-state index in [1.165, 1.54) is 37.0 Å². The van der Waals surface area contributed by atoms with Crippen molar-refractivity contribution in [2.45, 2.75) is 86.1 Å². The summed E-state index contributed by atoms with van der Waals surface area (Å²) in [5, 5.41) is 0. The molecule has 0 spiro atoms. The predicted molar refractivity (Wildman–Crippen MR) is 155 cm³/mol. The van der Waals surface area contributed by atoms with Crippen molar-refractivity contribution >= 4 is 17.6 Å². The molecule has 14 heteroatoms. The lowest BCUT2D eigenvalue weighted by Crippen LogP contribution is -2.59. The second-order valence-corrected chi connectivity index (χ2v) is 9.10. The number of allylic oxidation sites excluding steroid dienone is 2. The average molecular weight is 638 g/mol. The highest BCUT2D eigenvalue weighted by atomic mass is 19.4. The molecule has 0 saturated carbocycles. The molecule has 44 heavy (non-hydrogen) atoms. The monoisotopic (exact) mass is 637 g/mol.